The highest BCUT2D eigenvalue weighted by atomic mass is 35.5. The summed E-state index contributed by atoms with van der Waals surface area (Å²) in [6.07, 6.45) is 7.27. The monoisotopic (exact) mass is 320 g/mol. The minimum atomic E-state index is -0.155. The third-order valence-electron chi connectivity index (χ3n) is 4.22. The van der Waals surface area contributed by atoms with Crippen LogP contribution in [0.2, 0.25) is 5.15 Å². The molecule has 1 aliphatic carbocycles. The maximum absolute atomic E-state index is 9.60. The zero-order valence-corrected chi connectivity index (χ0v) is 13.3. The standard InChI is InChI=1S/C17H21ClN2O2/c18-17-10-16(20-13-4-6-14(21)7-5-13)12(11-19-17)3-8-15-2-1-9-22-15/h10-11,13-15,21H,1-2,4-7,9H2,(H,19,20). The first-order chi connectivity index (χ1) is 10.7. The number of hydrogen-bond donors (Lipinski definition) is 2. The summed E-state index contributed by atoms with van der Waals surface area (Å²) in [5.41, 5.74) is 1.78. The lowest BCUT2D eigenvalue weighted by Crippen LogP contribution is -2.28. The van der Waals surface area contributed by atoms with Gasteiger partial charge in [-0.15, -0.1) is 0 Å². The molecule has 1 unspecified atom stereocenters. The zero-order valence-electron chi connectivity index (χ0n) is 12.5. The zero-order chi connectivity index (χ0) is 15.4. The number of aliphatic hydroxyl groups is 1. The molecule has 1 aliphatic heterocycles. The molecule has 2 heterocycles. The van der Waals surface area contributed by atoms with Crippen molar-refractivity contribution in [3.63, 3.8) is 0 Å². The van der Waals surface area contributed by atoms with Crippen molar-refractivity contribution < 1.29 is 9.84 Å². The molecule has 1 aromatic rings. The normalized spacial score (nSPS) is 28.0. The quantitative estimate of drug-likeness (QED) is 0.650. The van der Waals surface area contributed by atoms with E-state index in [1.165, 1.54) is 0 Å². The highest BCUT2D eigenvalue weighted by Gasteiger charge is 2.20. The van der Waals surface area contributed by atoms with Gasteiger partial charge in [-0.1, -0.05) is 23.4 Å². The summed E-state index contributed by atoms with van der Waals surface area (Å²) in [4.78, 5) is 4.13. The topological polar surface area (TPSA) is 54.4 Å². The van der Waals surface area contributed by atoms with Crippen molar-refractivity contribution in [2.24, 2.45) is 0 Å². The van der Waals surface area contributed by atoms with Crippen LogP contribution in [0, 0.1) is 11.8 Å². The van der Waals surface area contributed by atoms with Crippen molar-refractivity contribution in [3.8, 4) is 11.8 Å². The Kier molecular flexibility index (Phi) is 5.20. The number of ether oxygens (including phenoxy) is 1. The van der Waals surface area contributed by atoms with Crippen molar-refractivity contribution in [3.05, 3.63) is 23.0 Å². The SMILES string of the molecule is OC1CCC(Nc2cc(Cl)ncc2C#CC2CCCO2)CC1. The molecule has 2 aliphatic rings. The second-order valence-corrected chi connectivity index (χ2v) is 6.36. The molecule has 0 radical (unpaired) electrons. The predicted octanol–water partition coefficient (Wildman–Crippen LogP) is 2.98. The van der Waals surface area contributed by atoms with Gasteiger partial charge in [-0.3, -0.25) is 0 Å². The fourth-order valence-electron chi connectivity index (χ4n) is 2.94. The molecular formula is C17H21ClN2O2. The first-order valence-corrected chi connectivity index (χ1v) is 8.32. The van der Waals surface area contributed by atoms with Crippen molar-refractivity contribution in [1.82, 2.24) is 4.98 Å². The van der Waals surface area contributed by atoms with E-state index in [-0.39, 0.29) is 12.2 Å². The maximum Gasteiger partial charge on any atom is 0.131 e. The van der Waals surface area contributed by atoms with E-state index in [0.717, 1.165) is 56.4 Å². The second kappa shape index (κ2) is 7.32. The van der Waals surface area contributed by atoms with Crippen LogP contribution in [-0.2, 0) is 4.74 Å². The minimum Gasteiger partial charge on any atom is -0.393 e. The Morgan fingerprint density at radius 2 is 2.09 bits per heavy atom. The van der Waals surface area contributed by atoms with E-state index in [4.69, 9.17) is 16.3 Å². The lowest BCUT2D eigenvalue weighted by molar-refractivity contribution is 0.126. The molecule has 118 valence electrons. The summed E-state index contributed by atoms with van der Waals surface area (Å²) in [5, 5.41) is 13.6. The first kappa shape index (κ1) is 15.6. The largest absolute Gasteiger partial charge is 0.393 e. The molecule has 3 rings (SSSR count). The van der Waals surface area contributed by atoms with Crippen LogP contribution in [0.25, 0.3) is 0 Å². The highest BCUT2D eigenvalue weighted by molar-refractivity contribution is 6.29. The van der Waals surface area contributed by atoms with E-state index < -0.39 is 0 Å². The summed E-state index contributed by atoms with van der Waals surface area (Å²) >= 11 is 6.02. The molecule has 1 saturated heterocycles. The Balaban J connectivity index is 1.72. The summed E-state index contributed by atoms with van der Waals surface area (Å²) in [6.45, 7) is 0.799. The maximum atomic E-state index is 9.60. The number of aromatic nitrogens is 1. The average Bonchev–Trinajstić information content (AvgIpc) is 3.02. The summed E-state index contributed by atoms with van der Waals surface area (Å²) < 4.78 is 5.53. The van der Waals surface area contributed by atoms with Gasteiger partial charge in [0.15, 0.2) is 0 Å². The molecule has 0 amide bonds. The third-order valence-corrected chi connectivity index (χ3v) is 4.43. The lowest BCUT2D eigenvalue weighted by Gasteiger charge is -2.27. The van der Waals surface area contributed by atoms with Gasteiger partial charge in [0.05, 0.1) is 17.4 Å². The molecular weight excluding hydrogens is 300 g/mol. The van der Waals surface area contributed by atoms with Crippen LogP contribution in [-0.4, -0.2) is 34.9 Å². The van der Waals surface area contributed by atoms with E-state index in [9.17, 15) is 5.11 Å². The first-order valence-electron chi connectivity index (χ1n) is 7.94. The molecule has 5 heteroatoms. The van der Waals surface area contributed by atoms with Gasteiger partial charge in [-0.2, -0.15) is 0 Å². The van der Waals surface area contributed by atoms with Crippen molar-refractivity contribution in [2.45, 2.75) is 56.8 Å². The Hall–Kier alpha value is -1.28. The number of halogens is 1. The molecule has 2 fully saturated rings. The van der Waals surface area contributed by atoms with E-state index >= 15 is 0 Å². The number of nitrogens with one attached hydrogen (secondary N) is 1. The summed E-state index contributed by atoms with van der Waals surface area (Å²) in [7, 11) is 0. The smallest absolute Gasteiger partial charge is 0.131 e. The third kappa shape index (κ3) is 4.13. The number of rotatable bonds is 2. The molecule has 1 atom stereocenters. The van der Waals surface area contributed by atoms with E-state index in [1.807, 2.05) is 6.07 Å². The number of pyridine rings is 1. The van der Waals surface area contributed by atoms with Crippen LogP contribution in [0.5, 0.6) is 0 Å². The van der Waals surface area contributed by atoms with Gasteiger partial charge < -0.3 is 15.2 Å². The van der Waals surface area contributed by atoms with E-state index in [2.05, 4.69) is 22.1 Å². The van der Waals surface area contributed by atoms with E-state index in [0.29, 0.717) is 11.2 Å². The molecule has 22 heavy (non-hydrogen) atoms. The van der Waals surface area contributed by atoms with E-state index in [1.54, 1.807) is 6.20 Å². The molecule has 2 N–H and O–H groups in total. The van der Waals surface area contributed by atoms with Gasteiger partial charge in [-0.05, 0) is 44.6 Å². The molecule has 4 nitrogen and oxygen atoms in total. The number of anilines is 1. The Labute approximate surface area is 136 Å². The van der Waals surface area contributed by atoms with Crippen LogP contribution < -0.4 is 5.32 Å². The second-order valence-electron chi connectivity index (χ2n) is 5.97. The Bertz CT molecular complexity index is 568. The van der Waals surface area contributed by atoms with Gasteiger partial charge in [0.25, 0.3) is 0 Å². The van der Waals surface area contributed by atoms with Gasteiger partial charge >= 0.3 is 0 Å². The van der Waals surface area contributed by atoms with Crippen molar-refractivity contribution in [1.29, 1.82) is 0 Å². The van der Waals surface area contributed by atoms with Crippen LogP contribution in [0.4, 0.5) is 5.69 Å². The highest BCUT2D eigenvalue weighted by Crippen LogP contribution is 2.25. The molecule has 1 saturated carbocycles. The van der Waals surface area contributed by atoms with Crippen LogP contribution in [0.15, 0.2) is 12.3 Å². The van der Waals surface area contributed by atoms with Crippen molar-refractivity contribution >= 4 is 17.3 Å². The van der Waals surface area contributed by atoms with Gasteiger partial charge in [0, 0.05) is 18.8 Å². The minimum absolute atomic E-state index is 0.0355. The fourth-order valence-corrected chi connectivity index (χ4v) is 3.10. The molecule has 0 bridgehead atoms. The molecule has 1 aromatic heterocycles. The molecule has 0 spiro atoms. The Morgan fingerprint density at radius 1 is 1.27 bits per heavy atom. The number of hydrogen-bond acceptors (Lipinski definition) is 4. The lowest BCUT2D eigenvalue weighted by atomic mass is 9.93. The van der Waals surface area contributed by atoms with Crippen LogP contribution >= 0.6 is 11.6 Å². The Morgan fingerprint density at radius 3 is 2.82 bits per heavy atom. The summed E-state index contributed by atoms with van der Waals surface area (Å²) in [5.74, 6) is 6.34. The van der Waals surface area contributed by atoms with Crippen LogP contribution in [0.1, 0.15) is 44.1 Å². The summed E-state index contributed by atoms with van der Waals surface area (Å²) in [6, 6.07) is 2.18. The predicted molar refractivity (Wildman–Crippen MR) is 87.0 cm³/mol. The van der Waals surface area contributed by atoms with Gasteiger partial charge in [-0.25, -0.2) is 4.98 Å². The van der Waals surface area contributed by atoms with Gasteiger partial charge in [0.2, 0.25) is 0 Å². The molecule has 0 aromatic carbocycles. The van der Waals surface area contributed by atoms with Gasteiger partial charge in [0.1, 0.15) is 11.3 Å². The number of aliphatic hydroxyl groups excluding tert-OH is 1. The van der Waals surface area contributed by atoms with Crippen molar-refractivity contribution in [2.75, 3.05) is 11.9 Å². The van der Waals surface area contributed by atoms with Crippen LogP contribution in [0.3, 0.4) is 0 Å². The average molecular weight is 321 g/mol. The number of nitrogens with zero attached hydrogens (tertiary/aromatic N) is 1. The fraction of sp³-hybridized carbons (Fsp3) is 0.588.